The van der Waals surface area contributed by atoms with E-state index in [1.165, 1.54) is 25.3 Å². The van der Waals surface area contributed by atoms with Gasteiger partial charge in [0.2, 0.25) is 0 Å². The molecule has 1 fully saturated rings. The molecule has 2 aromatic carbocycles. The molecule has 0 radical (unpaired) electrons. The zero-order chi connectivity index (χ0) is 18.8. The van der Waals surface area contributed by atoms with Gasteiger partial charge in [-0.3, -0.25) is 14.9 Å². The summed E-state index contributed by atoms with van der Waals surface area (Å²) in [6.07, 6.45) is 1.22. The van der Waals surface area contributed by atoms with Gasteiger partial charge < -0.3 is 9.84 Å². The van der Waals surface area contributed by atoms with Crippen LogP contribution in [0.3, 0.4) is 0 Å². The van der Waals surface area contributed by atoms with Gasteiger partial charge in [-0.05, 0) is 30.3 Å². The number of phenols is 1. The number of carbonyl (C=O) groups excluding carboxylic acids is 3. The molecule has 0 bridgehead atoms. The van der Waals surface area contributed by atoms with Gasteiger partial charge in [0, 0.05) is 10.0 Å². The lowest BCUT2D eigenvalue weighted by Gasteiger charge is -2.26. The van der Waals surface area contributed by atoms with Crippen molar-refractivity contribution >= 4 is 45.5 Å². The number of aromatic hydroxyl groups is 1. The minimum absolute atomic E-state index is 0.197. The molecule has 0 aliphatic carbocycles. The SMILES string of the molecule is COc1cccc(C=C2C(=O)NC(=O)N(c3cccc(Br)c3)C2=O)c1O. The predicted octanol–water partition coefficient (Wildman–Crippen LogP) is 2.83. The Hall–Kier alpha value is -3.13. The van der Waals surface area contributed by atoms with Gasteiger partial charge in [0.15, 0.2) is 11.5 Å². The number of halogens is 1. The van der Waals surface area contributed by atoms with Crippen molar-refractivity contribution in [2.24, 2.45) is 0 Å². The topological polar surface area (TPSA) is 95.9 Å². The average Bonchev–Trinajstić information content (AvgIpc) is 2.60. The highest BCUT2D eigenvalue weighted by molar-refractivity contribution is 9.10. The Labute approximate surface area is 157 Å². The molecule has 1 heterocycles. The zero-order valence-electron chi connectivity index (χ0n) is 13.5. The number of barbiturate groups is 1. The molecule has 0 unspecified atom stereocenters. The number of para-hydroxylation sites is 1. The van der Waals surface area contributed by atoms with E-state index in [1.54, 1.807) is 30.3 Å². The molecular formula is C18H13BrN2O5. The van der Waals surface area contributed by atoms with E-state index in [-0.39, 0.29) is 22.6 Å². The maximum atomic E-state index is 12.8. The van der Waals surface area contributed by atoms with Gasteiger partial charge in [-0.15, -0.1) is 0 Å². The Bertz CT molecular complexity index is 954. The fourth-order valence-electron chi connectivity index (χ4n) is 2.48. The van der Waals surface area contributed by atoms with Crippen LogP contribution in [-0.2, 0) is 9.59 Å². The van der Waals surface area contributed by atoms with E-state index in [9.17, 15) is 19.5 Å². The number of imide groups is 2. The molecule has 7 nitrogen and oxygen atoms in total. The minimum atomic E-state index is -0.842. The summed E-state index contributed by atoms with van der Waals surface area (Å²) in [5.41, 5.74) is 0.231. The van der Waals surface area contributed by atoms with Gasteiger partial charge in [0.1, 0.15) is 5.57 Å². The van der Waals surface area contributed by atoms with Crippen LogP contribution in [0.1, 0.15) is 5.56 Å². The lowest BCUT2D eigenvalue weighted by molar-refractivity contribution is -0.122. The Kier molecular flexibility index (Phi) is 4.77. The summed E-state index contributed by atoms with van der Waals surface area (Å²) in [4.78, 5) is 37.9. The molecule has 26 heavy (non-hydrogen) atoms. The first-order chi connectivity index (χ1) is 12.4. The molecule has 132 valence electrons. The third-order valence-corrected chi connectivity index (χ3v) is 4.21. The third-order valence-electron chi connectivity index (χ3n) is 3.72. The monoisotopic (exact) mass is 416 g/mol. The molecule has 1 saturated heterocycles. The number of carbonyl (C=O) groups is 3. The van der Waals surface area contributed by atoms with Gasteiger partial charge in [0.05, 0.1) is 12.8 Å². The summed E-state index contributed by atoms with van der Waals surface area (Å²) in [6, 6.07) is 10.4. The molecule has 1 aliphatic rings. The number of nitrogens with zero attached hydrogens (tertiary/aromatic N) is 1. The second-order valence-corrected chi connectivity index (χ2v) is 6.25. The fraction of sp³-hybridized carbons (Fsp3) is 0.0556. The molecule has 0 atom stereocenters. The van der Waals surface area contributed by atoms with E-state index >= 15 is 0 Å². The first kappa shape index (κ1) is 17.7. The lowest BCUT2D eigenvalue weighted by Crippen LogP contribution is -2.54. The van der Waals surface area contributed by atoms with Crippen molar-refractivity contribution in [2.45, 2.75) is 0 Å². The standard InChI is InChI=1S/C18H13BrN2O5/c1-26-14-7-2-4-10(15(14)22)8-13-16(23)20-18(25)21(17(13)24)12-6-3-5-11(19)9-12/h2-9,22H,1H3,(H,20,23,25). The minimum Gasteiger partial charge on any atom is -0.504 e. The molecule has 0 spiro atoms. The van der Waals surface area contributed by atoms with Gasteiger partial charge in [-0.1, -0.05) is 34.1 Å². The second-order valence-electron chi connectivity index (χ2n) is 5.34. The van der Waals surface area contributed by atoms with Crippen LogP contribution in [-0.4, -0.2) is 30.1 Å². The number of phenolic OH excluding ortho intramolecular Hbond substituents is 1. The van der Waals surface area contributed by atoms with Gasteiger partial charge >= 0.3 is 6.03 Å². The number of nitrogens with one attached hydrogen (secondary N) is 1. The Morgan fingerprint density at radius 1 is 1.15 bits per heavy atom. The average molecular weight is 417 g/mol. The molecule has 3 rings (SSSR count). The number of rotatable bonds is 3. The molecule has 1 aliphatic heterocycles. The second kappa shape index (κ2) is 7.01. The highest BCUT2D eigenvalue weighted by Crippen LogP contribution is 2.32. The Morgan fingerprint density at radius 2 is 1.88 bits per heavy atom. The van der Waals surface area contributed by atoms with E-state index in [0.29, 0.717) is 10.2 Å². The van der Waals surface area contributed by atoms with Crippen LogP contribution in [0, 0.1) is 0 Å². The summed E-state index contributed by atoms with van der Waals surface area (Å²) < 4.78 is 5.68. The van der Waals surface area contributed by atoms with E-state index in [0.717, 1.165) is 4.90 Å². The number of ether oxygens (including phenoxy) is 1. The van der Waals surface area contributed by atoms with Crippen molar-refractivity contribution in [3.63, 3.8) is 0 Å². The molecular weight excluding hydrogens is 404 g/mol. The van der Waals surface area contributed by atoms with Crippen LogP contribution in [0.15, 0.2) is 52.5 Å². The van der Waals surface area contributed by atoms with Crippen molar-refractivity contribution in [3.05, 3.63) is 58.1 Å². The normalized spacial score (nSPS) is 16.0. The highest BCUT2D eigenvalue weighted by Gasteiger charge is 2.37. The summed E-state index contributed by atoms with van der Waals surface area (Å²) >= 11 is 3.28. The maximum absolute atomic E-state index is 12.8. The first-order valence-corrected chi connectivity index (χ1v) is 8.24. The van der Waals surface area contributed by atoms with Crippen molar-refractivity contribution < 1.29 is 24.2 Å². The van der Waals surface area contributed by atoms with Gasteiger partial charge in [0.25, 0.3) is 11.8 Å². The number of hydrogen-bond donors (Lipinski definition) is 2. The first-order valence-electron chi connectivity index (χ1n) is 7.45. The summed E-state index contributed by atoms with van der Waals surface area (Å²) in [5.74, 6) is -1.65. The number of anilines is 1. The smallest absolute Gasteiger partial charge is 0.335 e. The molecule has 2 aromatic rings. The number of benzene rings is 2. The van der Waals surface area contributed by atoms with Crippen LogP contribution >= 0.6 is 15.9 Å². The molecule has 8 heteroatoms. The number of amides is 4. The summed E-state index contributed by atoms with van der Waals surface area (Å²) in [6.45, 7) is 0. The molecule has 4 amide bonds. The molecule has 0 aromatic heterocycles. The molecule has 2 N–H and O–H groups in total. The maximum Gasteiger partial charge on any atom is 0.335 e. The van der Waals surface area contributed by atoms with E-state index in [4.69, 9.17) is 4.74 Å². The van der Waals surface area contributed by atoms with Crippen LogP contribution in [0.4, 0.5) is 10.5 Å². The number of methoxy groups -OCH3 is 1. The largest absolute Gasteiger partial charge is 0.504 e. The van der Waals surface area contributed by atoms with E-state index in [1.807, 2.05) is 0 Å². The molecule has 0 saturated carbocycles. The van der Waals surface area contributed by atoms with E-state index < -0.39 is 17.8 Å². The summed E-state index contributed by atoms with van der Waals surface area (Å²) in [5, 5.41) is 12.3. The van der Waals surface area contributed by atoms with Crippen LogP contribution in [0.5, 0.6) is 11.5 Å². The predicted molar refractivity (Wildman–Crippen MR) is 97.8 cm³/mol. The lowest BCUT2D eigenvalue weighted by atomic mass is 10.1. The van der Waals surface area contributed by atoms with Crippen LogP contribution in [0.25, 0.3) is 6.08 Å². The third kappa shape index (κ3) is 3.18. The summed E-state index contributed by atoms with van der Waals surface area (Å²) in [7, 11) is 1.39. The Balaban J connectivity index is 2.06. The Morgan fingerprint density at radius 3 is 2.58 bits per heavy atom. The van der Waals surface area contributed by atoms with Gasteiger partial charge in [-0.2, -0.15) is 0 Å². The quantitative estimate of drug-likeness (QED) is 0.592. The van der Waals surface area contributed by atoms with Crippen molar-refractivity contribution in [1.29, 1.82) is 0 Å². The zero-order valence-corrected chi connectivity index (χ0v) is 15.1. The fourth-order valence-corrected chi connectivity index (χ4v) is 2.87. The van der Waals surface area contributed by atoms with Crippen LogP contribution < -0.4 is 15.0 Å². The van der Waals surface area contributed by atoms with Gasteiger partial charge in [-0.25, -0.2) is 9.69 Å². The van der Waals surface area contributed by atoms with E-state index in [2.05, 4.69) is 21.2 Å². The number of hydrogen-bond acceptors (Lipinski definition) is 5. The van der Waals surface area contributed by atoms with Crippen molar-refractivity contribution in [2.75, 3.05) is 12.0 Å². The van der Waals surface area contributed by atoms with Crippen molar-refractivity contribution in [3.8, 4) is 11.5 Å². The van der Waals surface area contributed by atoms with Crippen LogP contribution in [0.2, 0.25) is 0 Å². The highest BCUT2D eigenvalue weighted by atomic mass is 79.9. The number of urea groups is 1. The van der Waals surface area contributed by atoms with Crippen molar-refractivity contribution in [1.82, 2.24) is 5.32 Å².